The summed E-state index contributed by atoms with van der Waals surface area (Å²) in [5.41, 5.74) is 2.84. The fourth-order valence-electron chi connectivity index (χ4n) is 4.85. The molecule has 176 valence electrons. The topological polar surface area (TPSA) is 62.4 Å². The quantitative estimate of drug-likeness (QED) is 0.432. The van der Waals surface area contributed by atoms with Gasteiger partial charge in [-0.3, -0.25) is 9.78 Å². The molecule has 2 aliphatic heterocycles. The van der Waals surface area contributed by atoms with Gasteiger partial charge in [-0.25, -0.2) is 5.01 Å². The molecule has 1 fully saturated rings. The highest BCUT2D eigenvalue weighted by Crippen LogP contribution is 2.38. The number of rotatable bonds is 3. The van der Waals surface area contributed by atoms with Gasteiger partial charge in [0.25, 0.3) is 5.56 Å². The Balaban J connectivity index is 0.00000241. The first-order valence-electron chi connectivity index (χ1n) is 11.0. The first-order valence-corrected chi connectivity index (χ1v) is 11.4. The minimum absolute atomic E-state index is 0. The lowest BCUT2D eigenvalue weighted by molar-refractivity contribution is -0.0516. The number of hydrogen-bond acceptors (Lipinski definition) is 6. The number of halogens is 2. The third kappa shape index (κ3) is 3.49. The molecule has 0 bridgehead atoms. The molecule has 10 heteroatoms. The number of pyridine rings is 1. The van der Waals surface area contributed by atoms with E-state index in [1.807, 2.05) is 41.9 Å². The van der Waals surface area contributed by atoms with Gasteiger partial charge < -0.3 is 14.5 Å². The summed E-state index contributed by atoms with van der Waals surface area (Å²) in [5.74, 6) is 0. The standard InChI is InChI=1S/C24H24ClN7O.ClH/c1-28-10-12-30(13-11-28)31-9-7-19(31)22-21-18-6-5-16(25)14-20(18)29(2)23(21)24(33)32(27-22)17-4-3-8-26-15-17;/h3-9,14-15,19H,10-13H2,1-2H3;1H. The van der Waals surface area contributed by atoms with Crippen LogP contribution < -0.4 is 5.56 Å². The van der Waals surface area contributed by atoms with Gasteiger partial charge in [0.1, 0.15) is 11.6 Å². The molecule has 3 aromatic heterocycles. The van der Waals surface area contributed by atoms with Gasteiger partial charge in [0.15, 0.2) is 0 Å². The molecule has 34 heavy (non-hydrogen) atoms. The number of hydrogen-bond donors (Lipinski definition) is 0. The van der Waals surface area contributed by atoms with Gasteiger partial charge in [-0.15, -0.1) is 12.4 Å². The molecule has 0 aliphatic carbocycles. The van der Waals surface area contributed by atoms with E-state index in [1.54, 1.807) is 12.4 Å². The fourth-order valence-corrected chi connectivity index (χ4v) is 5.01. The Hall–Kier alpha value is -2.91. The summed E-state index contributed by atoms with van der Waals surface area (Å²) < 4.78 is 3.40. The maximum Gasteiger partial charge on any atom is 0.296 e. The number of aryl methyl sites for hydroxylation is 1. The summed E-state index contributed by atoms with van der Waals surface area (Å²) in [7, 11) is 4.06. The van der Waals surface area contributed by atoms with Gasteiger partial charge in [-0.2, -0.15) is 9.78 Å². The average Bonchev–Trinajstić information content (AvgIpc) is 3.09. The number of piperazine rings is 1. The van der Waals surface area contributed by atoms with E-state index in [0.29, 0.717) is 16.2 Å². The molecule has 1 unspecified atom stereocenters. The van der Waals surface area contributed by atoms with Crippen molar-refractivity contribution in [1.29, 1.82) is 0 Å². The van der Waals surface area contributed by atoms with E-state index in [0.717, 1.165) is 48.2 Å². The van der Waals surface area contributed by atoms with E-state index in [-0.39, 0.29) is 24.0 Å². The van der Waals surface area contributed by atoms with Gasteiger partial charge in [-0.05, 0) is 37.4 Å². The highest BCUT2D eigenvalue weighted by molar-refractivity contribution is 6.31. The molecule has 2 aliphatic rings. The highest BCUT2D eigenvalue weighted by atomic mass is 35.5. The van der Waals surface area contributed by atoms with Crippen LogP contribution in [0.3, 0.4) is 0 Å². The SMILES string of the molecule is CN1CCN(N2C=CC2c2nn(-c3cccnc3)c(=O)c3c2c2ccc(Cl)cc2n3C)CC1.Cl. The number of likely N-dealkylation sites (N-methyl/N-ethyl adjacent to an activating group) is 1. The lowest BCUT2D eigenvalue weighted by Gasteiger charge is -2.46. The Morgan fingerprint density at radius 3 is 2.56 bits per heavy atom. The van der Waals surface area contributed by atoms with Gasteiger partial charge in [0.2, 0.25) is 0 Å². The number of fused-ring (bicyclic) bond motifs is 3. The molecule has 4 aromatic rings. The molecule has 6 rings (SSSR count). The summed E-state index contributed by atoms with van der Waals surface area (Å²) in [6.45, 7) is 3.94. The number of benzene rings is 1. The van der Waals surface area contributed by atoms with Gasteiger partial charge in [-0.1, -0.05) is 17.7 Å². The normalized spacial score (nSPS) is 18.9. The Morgan fingerprint density at radius 1 is 1.09 bits per heavy atom. The van der Waals surface area contributed by atoms with Crippen LogP contribution in [0.1, 0.15) is 11.7 Å². The van der Waals surface area contributed by atoms with E-state index < -0.39 is 0 Å². The molecular weight excluding hydrogens is 473 g/mol. The van der Waals surface area contributed by atoms with Crippen LogP contribution in [0.4, 0.5) is 0 Å². The summed E-state index contributed by atoms with van der Waals surface area (Å²) in [4.78, 5) is 20.2. The molecule has 0 spiro atoms. The molecule has 8 nitrogen and oxygen atoms in total. The Labute approximate surface area is 208 Å². The maximum atomic E-state index is 13.7. The number of nitrogens with zero attached hydrogens (tertiary/aromatic N) is 7. The smallest absolute Gasteiger partial charge is 0.296 e. The molecule has 5 heterocycles. The van der Waals surface area contributed by atoms with Crippen LogP contribution >= 0.6 is 24.0 Å². The Bertz CT molecular complexity index is 1460. The predicted octanol–water partition coefficient (Wildman–Crippen LogP) is 3.38. The van der Waals surface area contributed by atoms with Crippen LogP contribution in [-0.4, -0.2) is 67.5 Å². The lowest BCUT2D eigenvalue weighted by atomic mass is 10.0. The van der Waals surface area contributed by atoms with E-state index in [9.17, 15) is 4.79 Å². The second kappa shape index (κ2) is 8.70. The van der Waals surface area contributed by atoms with Gasteiger partial charge in [0.05, 0.1) is 23.1 Å². The van der Waals surface area contributed by atoms with Crippen molar-refractivity contribution in [3.05, 3.63) is 76.1 Å². The van der Waals surface area contributed by atoms with E-state index >= 15 is 0 Å². The molecule has 1 atom stereocenters. The number of aromatic nitrogens is 4. The molecule has 1 saturated heterocycles. The minimum atomic E-state index is -0.175. The van der Waals surface area contributed by atoms with Crippen molar-refractivity contribution in [2.45, 2.75) is 6.04 Å². The van der Waals surface area contributed by atoms with Crippen molar-refractivity contribution in [2.75, 3.05) is 33.2 Å². The molecule has 0 saturated carbocycles. The summed E-state index contributed by atoms with van der Waals surface area (Å²) in [6.07, 6.45) is 7.60. The van der Waals surface area contributed by atoms with Gasteiger partial charge >= 0.3 is 0 Å². The first kappa shape index (κ1) is 22.9. The summed E-state index contributed by atoms with van der Waals surface area (Å²) in [5, 5.41) is 12.0. The Morgan fingerprint density at radius 2 is 1.88 bits per heavy atom. The van der Waals surface area contributed by atoms with E-state index in [1.165, 1.54) is 4.68 Å². The zero-order valence-electron chi connectivity index (χ0n) is 18.9. The van der Waals surface area contributed by atoms with Crippen LogP contribution in [0, 0.1) is 0 Å². The van der Waals surface area contributed by atoms with Crippen molar-refractivity contribution in [1.82, 2.24) is 34.2 Å². The van der Waals surface area contributed by atoms with Crippen LogP contribution in [0.2, 0.25) is 5.02 Å². The van der Waals surface area contributed by atoms with Crippen molar-refractivity contribution < 1.29 is 0 Å². The fraction of sp³-hybridized carbons (Fsp3) is 0.292. The first-order chi connectivity index (χ1) is 16.0. The predicted molar refractivity (Wildman–Crippen MR) is 137 cm³/mol. The lowest BCUT2D eigenvalue weighted by Crippen LogP contribution is -2.54. The van der Waals surface area contributed by atoms with Crippen molar-refractivity contribution in [3.8, 4) is 5.69 Å². The monoisotopic (exact) mass is 497 g/mol. The van der Waals surface area contributed by atoms with E-state index in [4.69, 9.17) is 16.7 Å². The van der Waals surface area contributed by atoms with Crippen LogP contribution in [-0.2, 0) is 7.05 Å². The second-order valence-electron chi connectivity index (χ2n) is 8.68. The van der Waals surface area contributed by atoms with Crippen LogP contribution in [0.15, 0.2) is 59.8 Å². The highest BCUT2D eigenvalue weighted by Gasteiger charge is 2.34. The third-order valence-electron chi connectivity index (χ3n) is 6.70. The zero-order chi connectivity index (χ0) is 22.7. The van der Waals surface area contributed by atoms with E-state index in [2.05, 4.69) is 39.2 Å². The maximum absolute atomic E-state index is 13.7. The Kier molecular flexibility index (Phi) is 5.85. The largest absolute Gasteiger partial charge is 0.339 e. The summed E-state index contributed by atoms with van der Waals surface area (Å²) in [6, 6.07) is 9.38. The van der Waals surface area contributed by atoms with Crippen LogP contribution in [0.5, 0.6) is 0 Å². The third-order valence-corrected chi connectivity index (χ3v) is 6.94. The molecule has 0 N–H and O–H groups in total. The van der Waals surface area contributed by atoms with Crippen molar-refractivity contribution >= 4 is 45.8 Å². The molecule has 0 amide bonds. The van der Waals surface area contributed by atoms with Crippen molar-refractivity contribution in [2.24, 2.45) is 7.05 Å². The molecule has 0 radical (unpaired) electrons. The molecule has 1 aromatic carbocycles. The number of hydrazine groups is 1. The van der Waals surface area contributed by atoms with Gasteiger partial charge in [0, 0.05) is 61.4 Å². The second-order valence-corrected chi connectivity index (χ2v) is 9.12. The van der Waals surface area contributed by atoms with Crippen LogP contribution in [0.25, 0.3) is 27.5 Å². The minimum Gasteiger partial charge on any atom is -0.339 e. The van der Waals surface area contributed by atoms with Crippen molar-refractivity contribution in [3.63, 3.8) is 0 Å². The average molecular weight is 498 g/mol. The molecular formula is C24H25Cl2N7O. The summed E-state index contributed by atoms with van der Waals surface area (Å²) >= 11 is 6.31. The zero-order valence-corrected chi connectivity index (χ0v) is 20.5.